The Morgan fingerprint density at radius 1 is 1.04 bits per heavy atom. The molecule has 0 saturated carbocycles. The quantitative estimate of drug-likeness (QED) is 0.715. The van der Waals surface area contributed by atoms with Crippen molar-refractivity contribution in [2.75, 3.05) is 31.1 Å². The second-order valence-electron chi connectivity index (χ2n) is 7.36. The molecule has 1 saturated heterocycles. The van der Waals surface area contributed by atoms with Crippen LogP contribution in [0.3, 0.4) is 0 Å². The normalized spacial score (nSPS) is 14.9. The van der Waals surface area contributed by atoms with Gasteiger partial charge in [0, 0.05) is 38.6 Å². The minimum atomic E-state index is 0.199. The fourth-order valence-corrected chi connectivity index (χ4v) is 3.47. The number of rotatable bonds is 4. The second-order valence-corrected chi connectivity index (χ2v) is 7.36. The molecule has 140 valence electrons. The van der Waals surface area contributed by atoms with Crippen LogP contribution in [0.2, 0.25) is 0 Å². The Morgan fingerprint density at radius 2 is 1.78 bits per heavy atom. The van der Waals surface area contributed by atoms with Crippen LogP contribution in [-0.2, 0) is 11.2 Å². The highest BCUT2D eigenvalue weighted by Crippen LogP contribution is 2.17. The number of hydrogen-bond acceptors (Lipinski definition) is 4. The molecular formula is C21H25N5O. The van der Waals surface area contributed by atoms with E-state index in [9.17, 15) is 4.79 Å². The topological polar surface area (TPSA) is 53.7 Å². The largest absolute Gasteiger partial charge is 0.352 e. The van der Waals surface area contributed by atoms with E-state index in [-0.39, 0.29) is 5.91 Å². The predicted octanol–water partition coefficient (Wildman–Crippen LogP) is 2.74. The van der Waals surface area contributed by atoms with E-state index in [0.29, 0.717) is 12.3 Å². The predicted molar refractivity (Wildman–Crippen MR) is 106 cm³/mol. The molecule has 1 aliphatic heterocycles. The number of amides is 1. The van der Waals surface area contributed by atoms with Crippen LogP contribution in [0.4, 0.5) is 5.82 Å². The lowest BCUT2D eigenvalue weighted by Gasteiger charge is -2.35. The first-order chi connectivity index (χ1) is 13.1. The Labute approximate surface area is 159 Å². The standard InChI is InChI=1S/C21H25N5O/c1-16(2)18-5-3-17(4-6-18)15-21(27)25-13-11-24(12-14-25)20-8-7-19-22-9-10-26(19)23-20/h3-10,16H,11-15H2,1-2H3. The molecule has 6 heteroatoms. The maximum Gasteiger partial charge on any atom is 0.227 e. The fraction of sp³-hybridized carbons (Fsp3) is 0.381. The highest BCUT2D eigenvalue weighted by Gasteiger charge is 2.22. The number of piperazine rings is 1. The number of benzene rings is 1. The number of carbonyl (C=O) groups is 1. The summed E-state index contributed by atoms with van der Waals surface area (Å²) in [6.07, 6.45) is 4.07. The summed E-state index contributed by atoms with van der Waals surface area (Å²) in [6.45, 7) is 7.41. The van der Waals surface area contributed by atoms with Crippen LogP contribution in [0.25, 0.3) is 5.65 Å². The zero-order valence-electron chi connectivity index (χ0n) is 15.9. The summed E-state index contributed by atoms with van der Waals surface area (Å²) in [4.78, 5) is 21.1. The first-order valence-corrected chi connectivity index (χ1v) is 9.52. The third kappa shape index (κ3) is 3.79. The van der Waals surface area contributed by atoms with Crippen molar-refractivity contribution in [3.8, 4) is 0 Å². The minimum Gasteiger partial charge on any atom is -0.352 e. The third-order valence-electron chi connectivity index (χ3n) is 5.20. The van der Waals surface area contributed by atoms with Crippen LogP contribution in [0.15, 0.2) is 48.8 Å². The van der Waals surface area contributed by atoms with E-state index >= 15 is 0 Å². The Morgan fingerprint density at radius 3 is 2.48 bits per heavy atom. The lowest BCUT2D eigenvalue weighted by Crippen LogP contribution is -2.49. The fourth-order valence-electron chi connectivity index (χ4n) is 3.47. The number of nitrogens with zero attached hydrogens (tertiary/aromatic N) is 5. The summed E-state index contributed by atoms with van der Waals surface area (Å²) >= 11 is 0. The van der Waals surface area contributed by atoms with Gasteiger partial charge in [-0.25, -0.2) is 9.50 Å². The van der Waals surface area contributed by atoms with Gasteiger partial charge in [0.05, 0.1) is 6.42 Å². The Bertz CT molecular complexity index is 923. The Kier molecular flexibility index (Phi) is 4.79. The van der Waals surface area contributed by atoms with Crippen molar-refractivity contribution in [2.45, 2.75) is 26.2 Å². The van der Waals surface area contributed by atoms with Gasteiger partial charge in [-0.2, -0.15) is 0 Å². The summed E-state index contributed by atoms with van der Waals surface area (Å²) in [7, 11) is 0. The first-order valence-electron chi connectivity index (χ1n) is 9.52. The van der Waals surface area contributed by atoms with Gasteiger partial charge in [0.1, 0.15) is 5.82 Å². The van der Waals surface area contributed by atoms with Gasteiger partial charge in [0.25, 0.3) is 0 Å². The monoisotopic (exact) mass is 363 g/mol. The van der Waals surface area contributed by atoms with Gasteiger partial charge in [-0.1, -0.05) is 38.1 Å². The van der Waals surface area contributed by atoms with Crippen molar-refractivity contribution >= 4 is 17.4 Å². The van der Waals surface area contributed by atoms with Crippen LogP contribution >= 0.6 is 0 Å². The van der Waals surface area contributed by atoms with Crippen LogP contribution < -0.4 is 4.90 Å². The van der Waals surface area contributed by atoms with Gasteiger partial charge >= 0.3 is 0 Å². The average Bonchev–Trinajstić information content (AvgIpc) is 3.16. The summed E-state index contributed by atoms with van der Waals surface area (Å²) < 4.78 is 1.79. The molecule has 0 unspecified atom stereocenters. The molecule has 0 aliphatic carbocycles. The number of imidazole rings is 1. The number of anilines is 1. The lowest BCUT2D eigenvalue weighted by molar-refractivity contribution is -0.130. The molecule has 3 aromatic rings. The maximum atomic E-state index is 12.6. The second kappa shape index (κ2) is 7.39. The van der Waals surface area contributed by atoms with E-state index in [2.05, 4.69) is 53.1 Å². The molecule has 0 radical (unpaired) electrons. The van der Waals surface area contributed by atoms with Gasteiger partial charge in [0.15, 0.2) is 5.65 Å². The number of aromatic nitrogens is 3. The van der Waals surface area contributed by atoms with Gasteiger partial charge in [0.2, 0.25) is 5.91 Å². The molecule has 27 heavy (non-hydrogen) atoms. The SMILES string of the molecule is CC(C)c1ccc(CC(=O)N2CCN(c3ccc4nccn4n3)CC2)cc1. The molecule has 0 bridgehead atoms. The van der Waals surface area contributed by atoms with Gasteiger partial charge in [-0.15, -0.1) is 5.10 Å². The molecule has 0 N–H and O–H groups in total. The third-order valence-corrected chi connectivity index (χ3v) is 5.20. The maximum absolute atomic E-state index is 12.6. The lowest BCUT2D eigenvalue weighted by atomic mass is 10.0. The van der Waals surface area contributed by atoms with Crippen molar-refractivity contribution < 1.29 is 4.79 Å². The van der Waals surface area contributed by atoms with Gasteiger partial charge in [-0.05, 0) is 29.2 Å². The van der Waals surface area contributed by atoms with E-state index in [1.54, 1.807) is 10.7 Å². The van der Waals surface area contributed by atoms with Crippen molar-refractivity contribution in [2.24, 2.45) is 0 Å². The average molecular weight is 363 g/mol. The minimum absolute atomic E-state index is 0.199. The van der Waals surface area contributed by atoms with E-state index in [4.69, 9.17) is 0 Å². The molecule has 1 aromatic carbocycles. The first kappa shape index (κ1) is 17.5. The van der Waals surface area contributed by atoms with Crippen LogP contribution in [0, 0.1) is 0 Å². The molecule has 3 heterocycles. The summed E-state index contributed by atoms with van der Waals surface area (Å²) in [5.74, 6) is 1.64. The van der Waals surface area contributed by atoms with E-state index in [0.717, 1.165) is 43.2 Å². The molecular weight excluding hydrogens is 338 g/mol. The van der Waals surface area contributed by atoms with Gasteiger partial charge < -0.3 is 9.80 Å². The molecule has 2 aromatic heterocycles. The molecule has 4 rings (SSSR count). The van der Waals surface area contributed by atoms with Gasteiger partial charge in [-0.3, -0.25) is 4.79 Å². The Balaban J connectivity index is 1.34. The summed E-state index contributed by atoms with van der Waals surface area (Å²) in [5, 5.41) is 4.60. The smallest absolute Gasteiger partial charge is 0.227 e. The summed E-state index contributed by atoms with van der Waals surface area (Å²) in [5.41, 5.74) is 3.23. The molecule has 0 atom stereocenters. The van der Waals surface area contributed by atoms with Crippen molar-refractivity contribution in [1.29, 1.82) is 0 Å². The van der Waals surface area contributed by atoms with E-state index in [1.807, 2.05) is 23.2 Å². The van der Waals surface area contributed by atoms with Crippen molar-refractivity contribution in [3.05, 3.63) is 59.9 Å². The highest BCUT2D eigenvalue weighted by molar-refractivity contribution is 5.79. The Hall–Kier alpha value is -2.89. The number of hydrogen-bond donors (Lipinski definition) is 0. The van der Waals surface area contributed by atoms with Crippen molar-refractivity contribution in [1.82, 2.24) is 19.5 Å². The molecule has 6 nitrogen and oxygen atoms in total. The summed E-state index contributed by atoms with van der Waals surface area (Å²) in [6, 6.07) is 12.4. The highest BCUT2D eigenvalue weighted by atomic mass is 16.2. The molecule has 0 spiro atoms. The van der Waals surface area contributed by atoms with Crippen molar-refractivity contribution in [3.63, 3.8) is 0 Å². The van der Waals surface area contributed by atoms with Crippen LogP contribution in [0.1, 0.15) is 30.9 Å². The zero-order chi connectivity index (χ0) is 18.8. The molecule has 1 aliphatic rings. The molecule has 1 amide bonds. The molecule has 1 fully saturated rings. The van der Waals surface area contributed by atoms with E-state index in [1.165, 1.54) is 5.56 Å². The van der Waals surface area contributed by atoms with Crippen LogP contribution in [0.5, 0.6) is 0 Å². The van der Waals surface area contributed by atoms with Crippen LogP contribution in [-0.4, -0.2) is 51.6 Å². The number of fused-ring (bicyclic) bond motifs is 1. The number of carbonyl (C=O) groups excluding carboxylic acids is 1. The zero-order valence-corrected chi connectivity index (χ0v) is 15.9. The van der Waals surface area contributed by atoms with E-state index < -0.39 is 0 Å².